The van der Waals surface area contributed by atoms with E-state index in [9.17, 15) is 0 Å². The second-order valence-electron chi connectivity index (χ2n) is 5.69. The fourth-order valence-corrected chi connectivity index (χ4v) is 3.55. The standard InChI is InChI=1S/C17H19N3S/c1-2-21-13-7-5-12(6-8-13)17-19-15-10-18-9-14(15)16(20-17)11-3-4-11/h5-8,11,18H,2-4,9-10H2,1H3. The topological polar surface area (TPSA) is 37.8 Å². The van der Waals surface area contributed by atoms with Crippen molar-refractivity contribution in [2.45, 2.75) is 43.7 Å². The Morgan fingerprint density at radius 3 is 2.67 bits per heavy atom. The summed E-state index contributed by atoms with van der Waals surface area (Å²) >= 11 is 1.87. The highest BCUT2D eigenvalue weighted by Gasteiger charge is 2.31. The van der Waals surface area contributed by atoms with Gasteiger partial charge in [0, 0.05) is 35.0 Å². The normalized spacial score (nSPS) is 17.0. The van der Waals surface area contributed by atoms with Gasteiger partial charge in [0.15, 0.2) is 5.82 Å². The first-order valence-electron chi connectivity index (χ1n) is 7.69. The van der Waals surface area contributed by atoms with Gasteiger partial charge in [0.2, 0.25) is 0 Å². The maximum Gasteiger partial charge on any atom is 0.159 e. The van der Waals surface area contributed by atoms with Crippen LogP contribution in [0.3, 0.4) is 0 Å². The SMILES string of the molecule is CCSc1ccc(-c2nc3c(c(C4CC4)n2)CNC3)cc1. The summed E-state index contributed by atoms with van der Waals surface area (Å²) < 4.78 is 0. The fourth-order valence-electron chi connectivity index (χ4n) is 2.88. The number of hydrogen-bond acceptors (Lipinski definition) is 4. The van der Waals surface area contributed by atoms with Crippen molar-refractivity contribution in [3.05, 3.63) is 41.2 Å². The van der Waals surface area contributed by atoms with Crippen molar-refractivity contribution in [2.75, 3.05) is 5.75 Å². The predicted octanol–water partition coefficient (Wildman–Crippen LogP) is 3.74. The quantitative estimate of drug-likeness (QED) is 0.873. The first-order chi connectivity index (χ1) is 10.3. The molecule has 4 rings (SSSR count). The van der Waals surface area contributed by atoms with E-state index in [-0.39, 0.29) is 0 Å². The van der Waals surface area contributed by atoms with E-state index < -0.39 is 0 Å². The van der Waals surface area contributed by atoms with Gasteiger partial charge >= 0.3 is 0 Å². The molecule has 3 nitrogen and oxygen atoms in total. The zero-order valence-corrected chi connectivity index (χ0v) is 13.0. The summed E-state index contributed by atoms with van der Waals surface area (Å²) in [6.07, 6.45) is 2.57. The van der Waals surface area contributed by atoms with Crippen molar-refractivity contribution in [1.82, 2.24) is 15.3 Å². The smallest absolute Gasteiger partial charge is 0.159 e. The molecule has 21 heavy (non-hydrogen) atoms. The van der Waals surface area contributed by atoms with Gasteiger partial charge in [-0.3, -0.25) is 0 Å². The Bertz CT molecular complexity index is 662. The van der Waals surface area contributed by atoms with E-state index in [2.05, 4.69) is 36.5 Å². The minimum absolute atomic E-state index is 0.676. The molecular formula is C17H19N3S. The number of thioether (sulfide) groups is 1. The zero-order chi connectivity index (χ0) is 14.2. The summed E-state index contributed by atoms with van der Waals surface area (Å²) in [5.74, 6) is 2.68. The third-order valence-electron chi connectivity index (χ3n) is 4.11. The van der Waals surface area contributed by atoms with Crippen molar-refractivity contribution in [3.63, 3.8) is 0 Å². The van der Waals surface area contributed by atoms with Crippen LogP contribution in [-0.2, 0) is 13.1 Å². The number of rotatable bonds is 4. The van der Waals surface area contributed by atoms with Gasteiger partial charge in [0.1, 0.15) is 0 Å². The summed E-state index contributed by atoms with van der Waals surface area (Å²) in [6.45, 7) is 4.00. The molecule has 1 aliphatic heterocycles. The molecule has 0 atom stereocenters. The van der Waals surface area contributed by atoms with Crippen molar-refractivity contribution in [3.8, 4) is 11.4 Å². The minimum atomic E-state index is 0.676. The molecule has 0 saturated heterocycles. The molecule has 2 aliphatic rings. The number of benzene rings is 1. The average molecular weight is 297 g/mol. The number of nitrogens with one attached hydrogen (secondary N) is 1. The molecule has 1 aromatic heterocycles. The molecule has 0 unspecified atom stereocenters. The van der Waals surface area contributed by atoms with Crippen LogP contribution in [0.25, 0.3) is 11.4 Å². The third-order valence-corrected chi connectivity index (χ3v) is 5.00. The number of nitrogens with zero attached hydrogens (tertiary/aromatic N) is 2. The largest absolute Gasteiger partial charge is 0.307 e. The molecule has 2 heterocycles. The summed E-state index contributed by atoms with van der Waals surface area (Å²) in [4.78, 5) is 11.0. The third kappa shape index (κ3) is 2.58. The van der Waals surface area contributed by atoms with Crippen molar-refractivity contribution < 1.29 is 0 Å². The van der Waals surface area contributed by atoms with E-state index in [1.807, 2.05) is 11.8 Å². The van der Waals surface area contributed by atoms with Crippen LogP contribution in [-0.4, -0.2) is 15.7 Å². The highest BCUT2D eigenvalue weighted by Crippen LogP contribution is 2.42. The van der Waals surface area contributed by atoms with Gasteiger partial charge < -0.3 is 5.32 Å². The Balaban J connectivity index is 1.72. The first-order valence-corrected chi connectivity index (χ1v) is 8.67. The molecule has 1 saturated carbocycles. The monoisotopic (exact) mass is 297 g/mol. The van der Waals surface area contributed by atoms with Gasteiger partial charge in [0.25, 0.3) is 0 Å². The van der Waals surface area contributed by atoms with E-state index >= 15 is 0 Å². The molecule has 1 aromatic carbocycles. The lowest BCUT2D eigenvalue weighted by atomic mass is 10.1. The van der Waals surface area contributed by atoms with Gasteiger partial charge in [-0.2, -0.15) is 0 Å². The number of hydrogen-bond donors (Lipinski definition) is 1. The van der Waals surface area contributed by atoms with Gasteiger partial charge in [0.05, 0.1) is 11.4 Å². The minimum Gasteiger partial charge on any atom is -0.307 e. The van der Waals surface area contributed by atoms with Gasteiger partial charge in [-0.1, -0.05) is 19.1 Å². The second-order valence-corrected chi connectivity index (χ2v) is 7.03. The Kier molecular flexibility index (Phi) is 3.43. The van der Waals surface area contributed by atoms with Gasteiger partial charge in [-0.05, 0) is 30.7 Å². The molecule has 1 fully saturated rings. The highest BCUT2D eigenvalue weighted by atomic mass is 32.2. The molecule has 2 aromatic rings. The summed E-state index contributed by atoms with van der Waals surface area (Å²) in [5, 5.41) is 3.41. The molecule has 0 spiro atoms. The Morgan fingerprint density at radius 2 is 1.95 bits per heavy atom. The summed E-state index contributed by atoms with van der Waals surface area (Å²) in [5.41, 5.74) is 4.99. The number of aromatic nitrogens is 2. The van der Waals surface area contributed by atoms with Crippen LogP contribution in [0.2, 0.25) is 0 Å². The summed E-state index contributed by atoms with van der Waals surface area (Å²) in [7, 11) is 0. The van der Waals surface area contributed by atoms with Crippen molar-refractivity contribution in [2.24, 2.45) is 0 Å². The van der Waals surface area contributed by atoms with Crippen molar-refractivity contribution >= 4 is 11.8 Å². The molecular weight excluding hydrogens is 278 g/mol. The maximum absolute atomic E-state index is 4.89. The van der Waals surface area contributed by atoms with Crippen LogP contribution in [0.5, 0.6) is 0 Å². The maximum atomic E-state index is 4.89. The van der Waals surface area contributed by atoms with Crippen LogP contribution in [0.4, 0.5) is 0 Å². The van der Waals surface area contributed by atoms with Gasteiger partial charge in [-0.15, -0.1) is 11.8 Å². The summed E-state index contributed by atoms with van der Waals surface area (Å²) in [6, 6.07) is 8.65. The van der Waals surface area contributed by atoms with E-state index in [4.69, 9.17) is 9.97 Å². The zero-order valence-electron chi connectivity index (χ0n) is 12.2. The Hall–Kier alpha value is -1.39. The number of fused-ring (bicyclic) bond motifs is 1. The Labute approximate surface area is 129 Å². The Morgan fingerprint density at radius 1 is 1.14 bits per heavy atom. The van der Waals surface area contributed by atoms with E-state index in [1.165, 1.54) is 34.7 Å². The van der Waals surface area contributed by atoms with Crippen LogP contribution >= 0.6 is 11.8 Å². The van der Waals surface area contributed by atoms with Crippen molar-refractivity contribution in [1.29, 1.82) is 0 Å². The molecule has 0 radical (unpaired) electrons. The van der Waals surface area contributed by atoms with Gasteiger partial charge in [-0.25, -0.2) is 9.97 Å². The lowest BCUT2D eigenvalue weighted by molar-refractivity contribution is 0.755. The van der Waals surface area contributed by atoms with Crippen LogP contribution in [0.1, 0.15) is 42.6 Å². The van der Waals surface area contributed by atoms with E-state index in [0.717, 1.165) is 30.2 Å². The predicted molar refractivity (Wildman–Crippen MR) is 86.4 cm³/mol. The fraction of sp³-hybridized carbons (Fsp3) is 0.412. The molecule has 4 heteroatoms. The lowest BCUT2D eigenvalue weighted by Gasteiger charge is -2.09. The molecule has 1 aliphatic carbocycles. The van der Waals surface area contributed by atoms with E-state index in [1.54, 1.807) is 0 Å². The molecule has 0 bridgehead atoms. The molecule has 108 valence electrons. The molecule has 0 amide bonds. The lowest BCUT2D eigenvalue weighted by Crippen LogP contribution is -2.02. The van der Waals surface area contributed by atoms with Crippen LogP contribution < -0.4 is 5.32 Å². The second kappa shape index (κ2) is 5.43. The highest BCUT2D eigenvalue weighted by molar-refractivity contribution is 7.99. The van der Waals surface area contributed by atoms with Crippen LogP contribution in [0, 0.1) is 0 Å². The van der Waals surface area contributed by atoms with Crippen LogP contribution in [0.15, 0.2) is 29.2 Å². The molecule has 1 N–H and O–H groups in total. The average Bonchev–Trinajstić information content (AvgIpc) is 3.25. The van der Waals surface area contributed by atoms with E-state index in [0.29, 0.717) is 5.92 Å². The first kappa shape index (κ1) is 13.3.